The molecule has 1 saturated heterocycles. The lowest BCUT2D eigenvalue weighted by molar-refractivity contribution is 0.223. The van der Waals surface area contributed by atoms with Gasteiger partial charge in [0.2, 0.25) is 0 Å². The molecule has 148 valence electrons. The first-order valence-corrected chi connectivity index (χ1v) is 9.56. The van der Waals surface area contributed by atoms with E-state index in [2.05, 4.69) is 35.9 Å². The number of aryl methyl sites for hydroxylation is 2. The van der Waals surface area contributed by atoms with Crippen molar-refractivity contribution in [1.29, 1.82) is 0 Å². The topological polar surface area (TPSA) is 51.1 Å². The van der Waals surface area contributed by atoms with Crippen LogP contribution < -0.4 is 5.32 Å². The number of guanidine groups is 1. The molecule has 5 nitrogen and oxygen atoms in total. The summed E-state index contributed by atoms with van der Waals surface area (Å²) in [6, 6.07) is 4.67. The highest BCUT2D eigenvalue weighted by atomic mass is 127. The number of benzene rings is 1. The Morgan fingerprint density at radius 2 is 1.85 bits per heavy atom. The van der Waals surface area contributed by atoms with Gasteiger partial charge >= 0.3 is 0 Å². The Labute approximate surface area is 175 Å². The van der Waals surface area contributed by atoms with Gasteiger partial charge in [0.05, 0.1) is 6.54 Å². The largest absolute Gasteiger partial charge is 0.507 e. The molecule has 0 aliphatic carbocycles. The standard InChI is InChI=1S/C20H34N4O.HI/c1-6-21-20(24-10-9-18(14-24)23(7-2)8-3)22-13-17-11-15(4)19(25)16(5)12-17;/h11-12,18,25H,6-10,13-14H2,1-5H3,(H,21,22);1H. The maximum atomic E-state index is 9.93. The molecule has 6 heteroatoms. The summed E-state index contributed by atoms with van der Waals surface area (Å²) in [7, 11) is 0. The Kier molecular flexibility index (Phi) is 9.71. The third kappa shape index (κ3) is 5.74. The number of hydrogen-bond acceptors (Lipinski definition) is 3. The van der Waals surface area contributed by atoms with Crippen molar-refractivity contribution in [2.24, 2.45) is 4.99 Å². The van der Waals surface area contributed by atoms with Crippen LogP contribution in [0.1, 0.15) is 43.9 Å². The average molecular weight is 474 g/mol. The average Bonchev–Trinajstić information content (AvgIpc) is 3.07. The predicted molar refractivity (Wildman–Crippen MR) is 121 cm³/mol. The lowest BCUT2D eigenvalue weighted by atomic mass is 10.1. The minimum absolute atomic E-state index is 0. The number of hydrogen-bond donors (Lipinski definition) is 2. The molecular formula is C20H35IN4O. The van der Waals surface area contributed by atoms with Gasteiger partial charge in [-0.25, -0.2) is 4.99 Å². The molecule has 1 aliphatic rings. The van der Waals surface area contributed by atoms with Crippen molar-refractivity contribution < 1.29 is 5.11 Å². The lowest BCUT2D eigenvalue weighted by Crippen LogP contribution is -2.43. The summed E-state index contributed by atoms with van der Waals surface area (Å²) >= 11 is 0. The van der Waals surface area contributed by atoms with Gasteiger partial charge in [-0.05, 0) is 57.0 Å². The number of nitrogens with zero attached hydrogens (tertiary/aromatic N) is 3. The van der Waals surface area contributed by atoms with E-state index in [1.165, 1.54) is 6.42 Å². The molecule has 2 rings (SSSR count). The number of phenols is 1. The molecule has 2 N–H and O–H groups in total. The fraction of sp³-hybridized carbons (Fsp3) is 0.650. The smallest absolute Gasteiger partial charge is 0.194 e. The molecule has 0 spiro atoms. The highest BCUT2D eigenvalue weighted by Gasteiger charge is 2.27. The zero-order valence-electron chi connectivity index (χ0n) is 16.9. The lowest BCUT2D eigenvalue weighted by Gasteiger charge is -2.27. The fourth-order valence-corrected chi connectivity index (χ4v) is 3.70. The van der Waals surface area contributed by atoms with E-state index in [0.717, 1.165) is 55.4 Å². The van der Waals surface area contributed by atoms with Crippen molar-refractivity contribution in [2.75, 3.05) is 32.7 Å². The number of aliphatic imine (C=N–C) groups is 1. The van der Waals surface area contributed by atoms with Crippen molar-refractivity contribution in [3.8, 4) is 5.75 Å². The molecule has 0 aromatic heterocycles. The number of phenolic OH excluding ortho intramolecular Hbond substituents is 1. The molecule has 1 aliphatic heterocycles. The van der Waals surface area contributed by atoms with E-state index in [-0.39, 0.29) is 24.0 Å². The maximum absolute atomic E-state index is 9.93. The second-order valence-corrected chi connectivity index (χ2v) is 6.86. The van der Waals surface area contributed by atoms with Crippen LogP contribution in [0.2, 0.25) is 0 Å². The van der Waals surface area contributed by atoms with E-state index < -0.39 is 0 Å². The minimum Gasteiger partial charge on any atom is -0.507 e. The Morgan fingerprint density at radius 1 is 1.23 bits per heavy atom. The van der Waals surface area contributed by atoms with Crippen LogP contribution in [0.5, 0.6) is 5.75 Å². The molecule has 1 fully saturated rings. The quantitative estimate of drug-likeness (QED) is 0.377. The summed E-state index contributed by atoms with van der Waals surface area (Å²) in [6.45, 7) is 16.3. The number of nitrogens with one attached hydrogen (secondary N) is 1. The molecule has 1 heterocycles. The summed E-state index contributed by atoms with van der Waals surface area (Å²) in [5.41, 5.74) is 2.97. The monoisotopic (exact) mass is 474 g/mol. The zero-order chi connectivity index (χ0) is 18.4. The number of aromatic hydroxyl groups is 1. The van der Waals surface area contributed by atoms with Gasteiger partial charge in [0, 0.05) is 25.7 Å². The van der Waals surface area contributed by atoms with E-state index in [0.29, 0.717) is 18.3 Å². The van der Waals surface area contributed by atoms with Crippen LogP contribution in [0.3, 0.4) is 0 Å². The van der Waals surface area contributed by atoms with Gasteiger partial charge in [0.25, 0.3) is 0 Å². The van der Waals surface area contributed by atoms with Crippen molar-refractivity contribution in [1.82, 2.24) is 15.1 Å². The Hall–Kier alpha value is -1.02. The van der Waals surface area contributed by atoms with Crippen LogP contribution in [0.25, 0.3) is 0 Å². The molecule has 1 aromatic carbocycles. The number of halogens is 1. The molecule has 1 atom stereocenters. The Morgan fingerprint density at radius 3 is 2.38 bits per heavy atom. The predicted octanol–water partition coefficient (Wildman–Crippen LogP) is 3.51. The molecule has 0 bridgehead atoms. The van der Waals surface area contributed by atoms with E-state index in [1.807, 2.05) is 26.0 Å². The van der Waals surface area contributed by atoms with Crippen molar-refractivity contribution in [2.45, 2.75) is 53.6 Å². The zero-order valence-corrected chi connectivity index (χ0v) is 19.2. The first kappa shape index (κ1) is 23.0. The van der Waals surface area contributed by atoms with Gasteiger partial charge in [-0.1, -0.05) is 26.0 Å². The summed E-state index contributed by atoms with van der Waals surface area (Å²) in [6.07, 6.45) is 1.20. The molecule has 0 radical (unpaired) electrons. The highest BCUT2D eigenvalue weighted by Crippen LogP contribution is 2.23. The molecule has 0 amide bonds. The van der Waals surface area contributed by atoms with E-state index in [9.17, 15) is 5.11 Å². The summed E-state index contributed by atoms with van der Waals surface area (Å²) in [5, 5.41) is 13.4. The fourth-order valence-electron chi connectivity index (χ4n) is 3.70. The van der Waals surface area contributed by atoms with Gasteiger partial charge < -0.3 is 15.3 Å². The van der Waals surface area contributed by atoms with E-state index in [1.54, 1.807) is 0 Å². The van der Waals surface area contributed by atoms with Gasteiger partial charge in [-0.15, -0.1) is 24.0 Å². The molecule has 26 heavy (non-hydrogen) atoms. The van der Waals surface area contributed by atoms with Crippen LogP contribution in [-0.4, -0.2) is 59.6 Å². The van der Waals surface area contributed by atoms with Gasteiger partial charge in [0.1, 0.15) is 5.75 Å². The van der Waals surface area contributed by atoms with Gasteiger partial charge in [-0.3, -0.25) is 4.90 Å². The second kappa shape index (κ2) is 11.0. The van der Waals surface area contributed by atoms with Crippen molar-refractivity contribution in [3.05, 3.63) is 28.8 Å². The first-order valence-electron chi connectivity index (χ1n) is 9.56. The maximum Gasteiger partial charge on any atom is 0.194 e. The van der Waals surface area contributed by atoms with E-state index in [4.69, 9.17) is 4.99 Å². The molecule has 1 aromatic rings. The summed E-state index contributed by atoms with van der Waals surface area (Å²) in [4.78, 5) is 9.77. The third-order valence-electron chi connectivity index (χ3n) is 5.09. The highest BCUT2D eigenvalue weighted by molar-refractivity contribution is 14.0. The van der Waals surface area contributed by atoms with Crippen molar-refractivity contribution >= 4 is 29.9 Å². The normalized spacial score (nSPS) is 17.5. The molecule has 1 unspecified atom stereocenters. The van der Waals surface area contributed by atoms with Crippen LogP contribution in [0.4, 0.5) is 0 Å². The molecular weight excluding hydrogens is 439 g/mol. The second-order valence-electron chi connectivity index (χ2n) is 6.86. The van der Waals surface area contributed by atoms with Gasteiger partial charge in [-0.2, -0.15) is 0 Å². The van der Waals surface area contributed by atoms with Crippen LogP contribution in [0.15, 0.2) is 17.1 Å². The van der Waals surface area contributed by atoms with E-state index >= 15 is 0 Å². The summed E-state index contributed by atoms with van der Waals surface area (Å²) in [5.74, 6) is 1.39. The van der Waals surface area contributed by atoms with Crippen LogP contribution >= 0.6 is 24.0 Å². The Bertz CT molecular complexity index is 578. The molecule has 0 saturated carbocycles. The Balaban J connectivity index is 0.00000338. The number of likely N-dealkylation sites (tertiary alicyclic amines) is 1. The third-order valence-corrected chi connectivity index (χ3v) is 5.09. The SMILES string of the molecule is CCNC(=NCc1cc(C)c(O)c(C)c1)N1CCC(N(CC)CC)C1.I. The first-order chi connectivity index (χ1) is 12.0. The van der Waals surface area contributed by atoms with Crippen LogP contribution in [0, 0.1) is 13.8 Å². The van der Waals surface area contributed by atoms with Gasteiger partial charge in [0.15, 0.2) is 5.96 Å². The minimum atomic E-state index is 0. The number of rotatable bonds is 6. The summed E-state index contributed by atoms with van der Waals surface area (Å²) < 4.78 is 0. The van der Waals surface area contributed by atoms with Crippen molar-refractivity contribution in [3.63, 3.8) is 0 Å². The number of likely N-dealkylation sites (N-methyl/N-ethyl adjacent to an activating group) is 1. The van der Waals surface area contributed by atoms with Crippen LogP contribution in [-0.2, 0) is 6.54 Å².